The molecule has 1 saturated carbocycles. The molecule has 3 heteroatoms. The van der Waals surface area contributed by atoms with Crippen molar-refractivity contribution < 1.29 is 4.79 Å². The van der Waals surface area contributed by atoms with Gasteiger partial charge in [-0.15, -0.1) is 0 Å². The van der Waals surface area contributed by atoms with Gasteiger partial charge < -0.3 is 10.6 Å². The molecular formula is C16H24N2O. The first-order valence-electron chi connectivity index (χ1n) is 6.99. The molecule has 0 aliphatic heterocycles. The molecule has 0 heterocycles. The molecule has 1 fully saturated rings. The van der Waals surface area contributed by atoms with Crippen LogP contribution in [-0.4, -0.2) is 22.9 Å². The molecule has 1 aliphatic rings. The van der Waals surface area contributed by atoms with Crippen molar-refractivity contribution in [3.8, 4) is 0 Å². The summed E-state index contributed by atoms with van der Waals surface area (Å²) in [6.45, 7) is 6.73. The van der Waals surface area contributed by atoms with Crippen molar-refractivity contribution in [1.82, 2.24) is 4.90 Å². The van der Waals surface area contributed by atoms with Crippen LogP contribution in [0.1, 0.15) is 39.2 Å². The number of nitrogens with two attached hydrogens (primary N) is 1. The van der Waals surface area contributed by atoms with Crippen LogP contribution >= 0.6 is 0 Å². The molecule has 2 rings (SSSR count). The number of amides is 1. The lowest BCUT2D eigenvalue weighted by Gasteiger charge is -2.32. The Labute approximate surface area is 115 Å². The van der Waals surface area contributed by atoms with Gasteiger partial charge in [-0.25, -0.2) is 0 Å². The summed E-state index contributed by atoms with van der Waals surface area (Å²) < 4.78 is 0. The molecule has 1 aliphatic carbocycles. The second-order valence-electron chi connectivity index (χ2n) is 6.53. The van der Waals surface area contributed by atoms with Gasteiger partial charge in [0, 0.05) is 12.6 Å². The van der Waals surface area contributed by atoms with E-state index in [1.54, 1.807) is 0 Å². The summed E-state index contributed by atoms with van der Waals surface area (Å²) in [5.41, 5.74) is 7.10. The van der Waals surface area contributed by atoms with Gasteiger partial charge in [0.2, 0.25) is 5.91 Å². The SMILES string of the molecule is CC(C)(C)[C@@H](N)C(=O)N(Cc1ccccc1)C1CC1. The molecule has 19 heavy (non-hydrogen) atoms. The van der Waals surface area contributed by atoms with Gasteiger partial charge in [-0.1, -0.05) is 51.1 Å². The summed E-state index contributed by atoms with van der Waals surface area (Å²) in [6.07, 6.45) is 2.21. The molecule has 0 unspecified atom stereocenters. The summed E-state index contributed by atoms with van der Waals surface area (Å²) in [4.78, 5) is 14.5. The van der Waals surface area contributed by atoms with Crippen LogP contribution < -0.4 is 5.73 Å². The fraction of sp³-hybridized carbons (Fsp3) is 0.562. The van der Waals surface area contributed by atoms with Crippen molar-refractivity contribution in [2.24, 2.45) is 11.1 Å². The maximum absolute atomic E-state index is 12.6. The predicted molar refractivity (Wildman–Crippen MR) is 77.4 cm³/mol. The van der Waals surface area contributed by atoms with Crippen LogP contribution in [0.5, 0.6) is 0 Å². The summed E-state index contributed by atoms with van der Waals surface area (Å²) in [7, 11) is 0. The molecule has 2 N–H and O–H groups in total. The third kappa shape index (κ3) is 3.57. The highest BCUT2D eigenvalue weighted by atomic mass is 16.2. The van der Waals surface area contributed by atoms with Gasteiger partial charge in [-0.2, -0.15) is 0 Å². The van der Waals surface area contributed by atoms with Crippen LogP contribution in [0.3, 0.4) is 0 Å². The van der Waals surface area contributed by atoms with Crippen LogP contribution in [0.4, 0.5) is 0 Å². The molecule has 0 saturated heterocycles. The zero-order chi connectivity index (χ0) is 14.0. The molecule has 1 amide bonds. The van der Waals surface area contributed by atoms with Crippen LogP contribution in [-0.2, 0) is 11.3 Å². The lowest BCUT2D eigenvalue weighted by Crippen LogP contribution is -2.50. The molecule has 1 aromatic rings. The normalized spacial score (nSPS) is 17.1. The van der Waals surface area contributed by atoms with Crippen molar-refractivity contribution in [3.63, 3.8) is 0 Å². The minimum absolute atomic E-state index is 0.0823. The molecule has 104 valence electrons. The van der Waals surface area contributed by atoms with Crippen molar-refractivity contribution in [2.45, 2.75) is 52.2 Å². The van der Waals surface area contributed by atoms with Gasteiger partial charge in [0.1, 0.15) is 0 Å². The third-order valence-corrected chi connectivity index (χ3v) is 3.67. The Morgan fingerprint density at radius 3 is 2.37 bits per heavy atom. The van der Waals surface area contributed by atoms with Crippen LogP contribution in [0.25, 0.3) is 0 Å². The largest absolute Gasteiger partial charge is 0.334 e. The summed E-state index contributed by atoms with van der Waals surface area (Å²) in [5.74, 6) is 0.0823. The number of hydrogen-bond acceptors (Lipinski definition) is 2. The average molecular weight is 260 g/mol. The van der Waals surface area contributed by atoms with E-state index < -0.39 is 6.04 Å². The van der Waals surface area contributed by atoms with Gasteiger partial charge in [-0.3, -0.25) is 4.79 Å². The first-order valence-corrected chi connectivity index (χ1v) is 6.99. The first-order chi connectivity index (χ1) is 8.89. The summed E-state index contributed by atoms with van der Waals surface area (Å²) in [6, 6.07) is 10.1. The van der Waals surface area contributed by atoms with E-state index in [1.165, 1.54) is 5.56 Å². The molecule has 1 atom stereocenters. The highest BCUT2D eigenvalue weighted by Crippen LogP contribution is 2.30. The van der Waals surface area contributed by atoms with E-state index >= 15 is 0 Å². The Kier molecular flexibility index (Phi) is 3.95. The Morgan fingerprint density at radius 1 is 1.32 bits per heavy atom. The minimum Gasteiger partial charge on any atom is -0.334 e. The van der Waals surface area contributed by atoms with E-state index in [4.69, 9.17) is 5.73 Å². The van der Waals surface area contributed by atoms with Gasteiger partial charge in [0.05, 0.1) is 6.04 Å². The summed E-state index contributed by atoms with van der Waals surface area (Å²) >= 11 is 0. The molecule has 0 bridgehead atoms. The van der Waals surface area contributed by atoms with Crippen molar-refractivity contribution in [1.29, 1.82) is 0 Å². The monoisotopic (exact) mass is 260 g/mol. The topological polar surface area (TPSA) is 46.3 Å². The van der Waals surface area contributed by atoms with Crippen molar-refractivity contribution >= 4 is 5.91 Å². The Morgan fingerprint density at radius 2 is 1.89 bits per heavy atom. The fourth-order valence-electron chi connectivity index (χ4n) is 2.10. The average Bonchev–Trinajstić information content (AvgIpc) is 3.18. The molecule has 1 aromatic carbocycles. The van der Waals surface area contributed by atoms with Gasteiger partial charge in [0.25, 0.3) is 0 Å². The molecule has 0 aromatic heterocycles. The van der Waals surface area contributed by atoms with E-state index in [0.717, 1.165) is 12.8 Å². The number of rotatable bonds is 4. The van der Waals surface area contributed by atoms with Crippen LogP contribution in [0.15, 0.2) is 30.3 Å². The maximum Gasteiger partial charge on any atom is 0.240 e. The zero-order valence-electron chi connectivity index (χ0n) is 12.1. The molecular weight excluding hydrogens is 236 g/mol. The number of carbonyl (C=O) groups excluding carboxylic acids is 1. The van der Waals surface area contributed by atoms with E-state index in [9.17, 15) is 4.79 Å². The smallest absolute Gasteiger partial charge is 0.240 e. The highest BCUT2D eigenvalue weighted by molar-refractivity contribution is 5.83. The van der Waals surface area contributed by atoms with Gasteiger partial charge in [0.15, 0.2) is 0 Å². The fourth-order valence-corrected chi connectivity index (χ4v) is 2.10. The zero-order valence-corrected chi connectivity index (χ0v) is 12.1. The van der Waals surface area contributed by atoms with Crippen molar-refractivity contribution in [2.75, 3.05) is 0 Å². The Balaban J connectivity index is 2.10. The van der Waals surface area contributed by atoms with E-state index in [-0.39, 0.29) is 11.3 Å². The van der Waals surface area contributed by atoms with Gasteiger partial charge in [-0.05, 0) is 23.8 Å². The van der Waals surface area contributed by atoms with E-state index in [0.29, 0.717) is 12.6 Å². The predicted octanol–water partition coefficient (Wildman–Crippen LogP) is 2.55. The van der Waals surface area contributed by atoms with Crippen LogP contribution in [0.2, 0.25) is 0 Å². The third-order valence-electron chi connectivity index (χ3n) is 3.67. The van der Waals surface area contributed by atoms with Crippen LogP contribution in [0, 0.1) is 5.41 Å². The number of nitrogens with zero attached hydrogens (tertiary/aromatic N) is 1. The maximum atomic E-state index is 12.6. The highest BCUT2D eigenvalue weighted by Gasteiger charge is 2.38. The summed E-state index contributed by atoms with van der Waals surface area (Å²) in [5, 5.41) is 0. The standard InChI is InChI=1S/C16H24N2O/c1-16(2,3)14(17)15(19)18(13-9-10-13)11-12-7-5-4-6-8-12/h4-8,13-14H,9-11,17H2,1-3H3/t14-/m0/s1. The first kappa shape index (κ1) is 14.1. The van der Waals surface area contributed by atoms with Crippen molar-refractivity contribution in [3.05, 3.63) is 35.9 Å². The minimum atomic E-state index is -0.434. The Hall–Kier alpha value is -1.35. The second kappa shape index (κ2) is 5.33. The number of benzene rings is 1. The quantitative estimate of drug-likeness (QED) is 0.904. The Bertz CT molecular complexity index is 432. The molecule has 0 spiro atoms. The molecule has 0 radical (unpaired) electrons. The lowest BCUT2D eigenvalue weighted by atomic mass is 9.86. The lowest BCUT2D eigenvalue weighted by molar-refractivity contribution is -0.136. The number of hydrogen-bond donors (Lipinski definition) is 1. The van der Waals surface area contributed by atoms with E-state index in [1.807, 2.05) is 43.9 Å². The van der Waals surface area contributed by atoms with Gasteiger partial charge >= 0.3 is 0 Å². The molecule has 3 nitrogen and oxygen atoms in total. The second-order valence-corrected chi connectivity index (χ2v) is 6.53. The van der Waals surface area contributed by atoms with E-state index in [2.05, 4.69) is 12.1 Å². The number of carbonyl (C=O) groups is 1.